The zero-order valence-electron chi connectivity index (χ0n) is 9.05. The Morgan fingerprint density at radius 1 is 1.69 bits per heavy atom. The lowest BCUT2D eigenvalue weighted by Crippen LogP contribution is -2.05. The van der Waals surface area contributed by atoms with Gasteiger partial charge in [-0.1, -0.05) is 6.07 Å². The van der Waals surface area contributed by atoms with Gasteiger partial charge in [-0.3, -0.25) is 4.90 Å². The van der Waals surface area contributed by atoms with E-state index in [4.69, 9.17) is 15.1 Å². The van der Waals surface area contributed by atoms with Crippen molar-refractivity contribution < 1.29 is 9.84 Å². The molecule has 1 fully saturated rings. The van der Waals surface area contributed by atoms with Crippen LogP contribution in [0.25, 0.3) is 0 Å². The van der Waals surface area contributed by atoms with Crippen molar-refractivity contribution in [3.05, 3.63) is 23.4 Å². The van der Waals surface area contributed by atoms with E-state index < -0.39 is 0 Å². The number of methoxy groups -OCH3 is 1. The van der Waals surface area contributed by atoms with Crippen molar-refractivity contribution in [2.75, 3.05) is 13.7 Å². The van der Waals surface area contributed by atoms with Gasteiger partial charge in [0.15, 0.2) is 0 Å². The van der Waals surface area contributed by atoms with Gasteiger partial charge in [0, 0.05) is 18.7 Å². The van der Waals surface area contributed by atoms with E-state index in [2.05, 4.69) is 11.1 Å². The molecular weight excluding hydrogens is 206 g/mol. The lowest BCUT2D eigenvalue weighted by atomic mass is 10.2. The average molecular weight is 219 g/mol. The third-order valence-corrected chi connectivity index (χ3v) is 2.59. The number of pyridine rings is 1. The van der Waals surface area contributed by atoms with Gasteiger partial charge in [0.2, 0.25) is 5.88 Å². The summed E-state index contributed by atoms with van der Waals surface area (Å²) in [4.78, 5) is 6.19. The van der Waals surface area contributed by atoms with Crippen LogP contribution in [0, 0.1) is 11.3 Å². The highest BCUT2D eigenvalue weighted by atomic mass is 16.5. The molecule has 2 unspecified atom stereocenters. The molecule has 1 aliphatic rings. The summed E-state index contributed by atoms with van der Waals surface area (Å²) in [6, 6.07) is 5.87. The summed E-state index contributed by atoms with van der Waals surface area (Å²) in [7, 11) is 1.55. The van der Waals surface area contributed by atoms with Crippen molar-refractivity contribution in [3.63, 3.8) is 0 Å². The molecule has 2 atom stereocenters. The Morgan fingerprint density at radius 2 is 2.50 bits per heavy atom. The number of ether oxygens (including phenoxy) is 1. The minimum absolute atomic E-state index is 0.0298. The van der Waals surface area contributed by atoms with Crippen LogP contribution in [0.4, 0.5) is 0 Å². The first kappa shape index (κ1) is 10.9. The third kappa shape index (κ3) is 2.13. The van der Waals surface area contributed by atoms with E-state index in [0.29, 0.717) is 18.1 Å². The van der Waals surface area contributed by atoms with Gasteiger partial charge >= 0.3 is 0 Å². The zero-order chi connectivity index (χ0) is 11.5. The van der Waals surface area contributed by atoms with E-state index in [1.165, 1.54) is 0 Å². The van der Waals surface area contributed by atoms with E-state index in [9.17, 15) is 0 Å². The Balaban J connectivity index is 2.12. The molecule has 5 nitrogen and oxygen atoms in total. The molecule has 0 saturated carbocycles. The van der Waals surface area contributed by atoms with Crippen molar-refractivity contribution in [2.45, 2.75) is 19.2 Å². The van der Waals surface area contributed by atoms with Crippen LogP contribution < -0.4 is 4.74 Å². The van der Waals surface area contributed by atoms with Gasteiger partial charge in [-0.05, 0) is 6.07 Å². The van der Waals surface area contributed by atoms with Crippen molar-refractivity contribution in [3.8, 4) is 11.9 Å². The van der Waals surface area contributed by atoms with Gasteiger partial charge in [0.25, 0.3) is 0 Å². The Bertz CT molecular complexity index is 428. The normalized spacial score (nSPS) is 22.6. The Kier molecular flexibility index (Phi) is 3.04. The van der Waals surface area contributed by atoms with E-state index >= 15 is 0 Å². The standard InChI is InChI=1S/C11H13N3O2/c1-16-11-8(2-3-9(7-15)13-11)5-14-6-10(14)4-12/h2-3,10,15H,5-7H2,1H3. The number of aromatic nitrogens is 1. The predicted molar refractivity (Wildman–Crippen MR) is 56.5 cm³/mol. The Morgan fingerprint density at radius 3 is 3.06 bits per heavy atom. The summed E-state index contributed by atoms with van der Waals surface area (Å²) in [5.41, 5.74) is 1.53. The highest BCUT2D eigenvalue weighted by Gasteiger charge is 2.34. The van der Waals surface area contributed by atoms with Crippen LogP contribution >= 0.6 is 0 Å². The van der Waals surface area contributed by atoms with Gasteiger partial charge in [-0.25, -0.2) is 4.98 Å². The van der Waals surface area contributed by atoms with Crippen molar-refractivity contribution in [1.82, 2.24) is 9.88 Å². The first-order valence-electron chi connectivity index (χ1n) is 5.05. The summed E-state index contributed by atoms with van der Waals surface area (Å²) in [6.07, 6.45) is 0. The minimum atomic E-state index is -0.0961. The third-order valence-electron chi connectivity index (χ3n) is 2.59. The quantitative estimate of drug-likeness (QED) is 0.737. The molecule has 0 bridgehead atoms. The molecule has 16 heavy (non-hydrogen) atoms. The molecule has 2 rings (SSSR count). The number of nitriles is 1. The van der Waals surface area contributed by atoms with Gasteiger partial charge in [0.1, 0.15) is 6.04 Å². The second kappa shape index (κ2) is 4.47. The molecule has 0 radical (unpaired) electrons. The number of hydrogen-bond acceptors (Lipinski definition) is 5. The van der Waals surface area contributed by atoms with Gasteiger partial charge in [-0.2, -0.15) is 5.26 Å². The van der Waals surface area contributed by atoms with Crippen LogP contribution in [-0.4, -0.2) is 34.7 Å². The molecule has 1 aliphatic heterocycles. The van der Waals surface area contributed by atoms with Crippen molar-refractivity contribution >= 4 is 0 Å². The molecule has 84 valence electrons. The monoisotopic (exact) mass is 219 g/mol. The number of hydrogen-bond donors (Lipinski definition) is 1. The molecule has 1 N–H and O–H groups in total. The molecule has 1 saturated heterocycles. The molecule has 0 aliphatic carbocycles. The maximum Gasteiger partial charge on any atom is 0.217 e. The predicted octanol–water partition coefficient (Wildman–Crippen LogP) is 0.290. The molecule has 0 aromatic carbocycles. The summed E-state index contributed by atoms with van der Waals surface area (Å²) in [5.74, 6) is 0.523. The first-order valence-corrected chi connectivity index (χ1v) is 5.05. The smallest absolute Gasteiger partial charge is 0.217 e. The highest BCUT2D eigenvalue weighted by Crippen LogP contribution is 2.24. The van der Waals surface area contributed by atoms with Crippen LogP contribution in [0.2, 0.25) is 0 Å². The van der Waals surface area contributed by atoms with Crippen LogP contribution in [0.5, 0.6) is 5.88 Å². The Hall–Kier alpha value is -1.64. The molecule has 1 aromatic heterocycles. The van der Waals surface area contributed by atoms with Gasteiger partial charge < -0.3 is 9.84 Å². The topological polar surface area (TPSA) is 69.2 Å². The number of aliphatic hydroxyl groups excluding tert-OH is 1. The summed E-state index contributed by atoms with van der Waals surface area (Å²) in [6.45, 7) is 1.38. The van der Waals surface area contributed by atoms with Crippen LogP contribution in [0.15, 0.2) is 12.1 Å². The Labute approximate surface area is 93.9 Å². The SMILES string of the molecule is COc1nc(CO)ccc1CN1CC1C#N. The summed E-state index contributed by atoms with van der Waals surface area (Å²) >= 11 is 0. The van der Waals surface area contributed by atoms with Crippen molar-refractivity contribution in [1.29, 1.82) is 5.26 Å². The second-order valence-corrected chi connectivity index (χ2v) is 3.70. The fraction of sp³-hybridized carbons (Fsp3) is 0.455. The van der Waals surface area contributed by atoms with Gasteiger partial charge in [0.05, 0.1) is 25.5 Å². The second-order valence-electron chi connectivity index (χ2n) is 3.70. The molecule has 0 spiro atoms. The molecular formula is C11H13N3O2. The maximum atomic E-state index is 8.95. The molecule has 1 aromatic rings. The van der Waals surface area contributed by atoms with E-state index in [0.717, 1.165) is 12.1 Å². The maximum absolute atomic E-state index is 8.95. The summed E-state index contributed by atoms with van der Waals surface area (Å²) in [5, 5.41) is 17.6. The van der Waals surface area contributed by atoms with Crippen LogP contribution in [0.1, 0.15) is 11.3 Å². The van der Waals surface area contributed by atoms with Gasteiger partial charge in [-0.15, -0.1) is 0 Å². The lowest BCUT2D eigenvalue weighted by molar-refractivity contribution is 0.274. The average Bonchev–Trinajstić information content (AvgIpc) is 3.08. The number of aliphatic hydroxyl groups is 1. The van der Waals surface area contributed by atoms with E-state index in [1.54, 1.807) is 13.2 Å². The zero-order valence-corrected chi connectivity index (χ0v) is 9.05. The first-order chi connectivity index (χ1) is 7.78. The fourth-order valence-corrected chi connectivity index (χ4v) is 1.58. The van der Waals surface area contributed by atoms with Crippen molar-refractivity contribution in [2.24, 2.45) is 0 Å². The van der Waals surface area contributed by atoms with E-state index in [1.807, 2.05) is 11.0 Å². The molecule has 2 heterocycles. The van der Waals surface area contributed by atoms with E-state index in [-0.39, 0.29) is 12.6 Å². The fourth-order valence-electron chi connectivity index (χ4n) is 1.58. The molecule has 0 amide bonds. The minimum Gasteiger partial charge on any atom is -0.481 e. The largest absolute Gasteiger partial charge is 0.481 e. The lowest BCUT2D eigenvalue weighted by Gasteiger charge is -2.08. The van der Waals surface area contributed by atoms with Crippen LogP contribution in [-0.2, 0) is 13.2 Å². The number of rotatable bonds is 4. The number of nitrogens with zero attached hydrogens (tertiary/aromatic N) is 3. The van der Waals surface area contributed by atoms with Crippen LogP contribution in [0.3, 0.4) is 0 Å². The summed E-state index contributed by atoms with van der Waals surface area (Å²) < 4.78 is 5.15. The molecule has 5 heteroatoms. The highest BCUT2D eigenvalue weighted by molar-refractivity contribution is 5.29.